The molecule has 11 heteroatoms. The second-order valence-corrected chi connectivity index (χ2v) is 10.8. The highest BCUT2D eigenvalue weighted by molar-refractivity contribution is 14.0. The zero-order valence-electron chi connectivity index (χ0n) is 19.9. The number of carbonyl (C=O) groups is 1. The second-order valence-electron chi connectivity index (χ2n) is 8.57. The van der Waals surface area contributed by atoms with Gasteiger partial charge in [-0.2, -0.15) is 0 Å². The van der Waals surface area contributed by atoms with Crippen LogP contribution in [0.15, 0.2) is 4.99 Å². The van der Waals surface area contributed by atoms with Crippen LogP contribution in [0.2, 0.25) is 0 Å². The highest BCUT2D eigenvalue weighted by Gasteiger charge is 2.27. The lowest BCUT2D eigenvalue weighted by Gasteiger charge is -2.32. The van der Waals surface area contributed by atoms with Gasteiger partial charge >= 0.3 is 6.09 Å². The van der Waals surface area contributed by atoms with E-state index < -0.39 is 21.7 Å². The number of amides is 1. The molecule has 0 spiro atoms. The third-order valence-corrected chi connectivity index (χ3v) is 6.61. The molecule has 0 aromatic heterocycles. The molecule has 9 nitrogen and oxygen atoms in total. The minimum absolute atomic E-state index is 0. The molecule has 1 aliphatic rings. The maximum atomic E-state index is 12.1. The quantitative estimate of drug-likeness (QED) is 0.222. The Morgan fingerprint density at radius 2 is 1.81 bits per heavy atom. The molecule has 1 unspecified atom stereocenters. The van der Waals surface area contributed by atoms with Crippen molar-refractivity contribution in [1.82, 2.24) is 20.3 Å². The predicted octanol–water partition coefficient (Wildman–Crippen LogP) is 2.67. The van der Waals surface area contributed by atoms with Gasteiger partial charge in [0.25, 0.3) is 0 Å². The maximum Gasteiger partial charge on any atom is 0.407 e. The molecule has 0 bridgehead atoms. The van der Waals surface area contributed by atoms with E-state index in [2.05, 4.69) is 27.9 Å². The number of piperidine rings is 1. The molecule has 0 aromatic rings. The van der Waals surface area contributed by atoms with Crippen molar-refractivity contribution in [3.05, 3.63) is 0 Å². The number of guanidine groups is 1. The average Bonchev–Trinajstić information content (AvgIpc) is 2.65. The molecule has 0 aromatic carbocycles. The zero-order chi connectivity index (χ0) is 22.8. The molecule has 0 radical (unpaired) electrons. The molecule has 1 fully saturated rings. The summed E-state index contributed by atoms with van der Waals surface area (Å²) in [5, 5.41) is 9.55. The average molecular weight is 576 g/mol. The SMILES string of the molecule is CCCC(CN=C(NCC)NC1CCN(S(=O)(=O)CC)CC1)NC(=O)OC(C)(C)C.I. The maximum absolute atomic E-state index is 12.1. The van der Waals surface area contributed by atoms with Gasteiger partial charge in [-0.25, -0.2) is 17.5 Å². The molecule has 3 N–H and O–H groups in total. The van der Waals surface area contributed by atoms with E-state index >= 15 is 0 Å². The number of rotatable bonds is 9. The van der Waals surface area contributed by atoms with Crippen LogP contribution in [0.3, 0.4) is 0 Å². The summed E-state index contributed by atoms with van der Waals surface area (Å²) >= 11 is 0. The molecule has 1 aliphatic heterocycles. The normalized spacial score (nSPS) is 17.4. The first-order valence-electron chi connectivity index (χ1n) is 11.0. The van der Waals surface area contributed by atoms with Crippen LogP contribution < -0.4 is 16.0 Å². The van der Waals surface area contributed by atoms with Crippen LogP contribution in [0.25, 0.3) is 0 Å². The van der Waals surface area contributed by atoms with Crippen LogP contribution in [0.5, 0.6) is 0 Å². The van der Waals surface area contributed by atoms with Crippen molar-refractivity contribution in [1.29, 1.82) is 0 Å². The molecular formula is C20H42IN5O4S. The molecular weight excluding hydrogens is 533 g/mol. The standard InChI is InChI=1S/C20H41N5O4S.HI/c1-7-10-17(24-19(26)29-20(4,5)6)15-22-18(21-8-2)23-16-11-13-25(14-12-16)30(27,28)9-3;/h16-17H,7-15H2,1-6H3,(H,24,26)(H2,21,22,23);1H. The van der Waals surface area contributed by atoms with Crippen LogP contribution in [-0.4, -0.2) is 74.4 Å². The number of alkyl carbamates (subject to hydrolysis) is 1. The molecule has 1 heterocycles. The first kappa shape index (κ1) is 30.2. The lowest BCUT2D eigenvalue weighted by Crippen LogP contribution is -2.50. The van der Waals surface area contributed by atoms with Crippen molar-refractivity contribution in [2.45, 2.75) is 84.9 Å². The Bertz CT molecular complexity index is 659. The van der Waals surface area contributed by atoms with Gasteiger partial charge in [0.1, 0.15) is 5.60 Å². The minimum atomic E-state index is -3.13. The Labute approximate surface area is 205 Å². The summed E-state index contributed by atoms with van der Waals surface area (Å²) in [5.41, 5.74) is -0.541. The van der Waals surface area contributed by atoms with Gasteiger partial charge in [0.15, 0.2) is 5.96 Å². The van der Waals surface area contributed by atoms with E-state index in [0.717, 1.165) is 25.7 Å². The van der Waals surface area contributed by atoms with Crippen molar-refractivity contribution in [2.24, 2.45) is 4.99 Å². The Kier molecular flexibility index (Phi) is 14.0. The van der Waals surface area contributed by atoms with Crippen LogP contribution in [0, 0.1) is 0 Å². The molecule has 184 valence electrons. The van der Waals surface area contributed by atoms with Crippen molar-refractivity contribution < 1.29 is 17.9 Å². The van der Waals surface area contributed by atoms with Gasteiger partial charge in [0.2, 0.25) is 10.0 Å². The molecule has 1 saturated heterocycles. The van der Waals surface area contributed by atoms with E-state index in [-0.39, 0.29) is 41.8 Å². The molecule has 1 rings (SSSR count). The summed E-state index contributed by atoms with van der Waals surface area (Å²) in [6.07, 6.45) is 2.76. The van der Waals surface area contributed by atoms with E-state index in [4.69, 9.17) is 4.74 Å². The van der Waals surface area contributed by atoms with Gasteiger partial charge < -0.3 is 20.7 Å². The summed E-state index contributed by atoms with van der Waals surface area (Å²) < 4.78 is 31.0. The summed E-state index contributed by atoms with van der Waals surface area (Å²) in [6, 6.07) is 0.0476. The molecule has 31 heavy (non-hydrogen) atoms. The number of carbonyl (C=O) groups excluding carboxylic acids is 1. The largest absolute Gasteiger partial charge is 0.444 e. The van der Waals surface area contributed by atoms with Crippen molar-refractivity contribution in [2.75, 3.05) is 31.9 Å². The van der Waals surface area contributed by atoms with Gasteiger partial charge in [-0.3, -0.25) is 4.99 Å². The number of nitrogens with zero attached hydrogens (tertiary/aromatic N) is 2. The smallest absolute Gasteiger partial charge is 0.407 e. The Hall–Kier alpha value is -0.820. The van der Waals surface area contributed by atoms with Gasteiger partial charge in [-0.15, -0.1) is 24.0 Å². The number of nitrogens with one attached hydrogen (secondary N) is 3. The second kappa shape index (κ2) is 14.4. The van der Waals surface area contributed by atoms with Crippen LogP contribution in [-0.2, 0) is 14.8 Å². The number of hydrogen-bond donors (Lipinski definition) is 3. The summed E-state index contributed by atoms with van der Waals surface area (Å²) in [7, 11) is -3.13. The van der Waals surface area contributed by atoms with E-state index in [9.17, 15) is 13.2 Å². The van der Waals surface area contributed by atoms with E-state index in [1.807, 2.05) is 27.7 Å². The minimum Gasteiger partial charge on any atom is -0.444 e. The molecule has 0 saturated carbocycles. The lowest BCUT2D eigenvalue weighted by molar-refractivity contribution is 0.0503. The molecule has 1 atom stereocenters. The Balaban J connectivity index is 0.00000900. The monoisotopic (exact) mass is 575 g/mol. The number of sulfonamides is 1. The fraction of sp³-hybridized carbons (Fsp3) is 0.900. The first-order valence-corrected chi connectivity index (χ1v) is 12.6. The third kappa shape index (κ3) is 12.1. The van der Waals surface area contributed by atoms with Crippen LogP contribution in [0.1, 0.15) is 67.2 Å². The predicted molar refractivity (Wildman–Crippen MR) is 137 cm³/mol. The van der Waals surface area contributed by atoms with E-state index in [1.54, 1.807) is 11.2 Å². The van der Waals surface area contributed by atoms with Gasteiger partial charge in [0.05, 0.1) is 18.3 Å². The topological polar surface area (TPSA) is 112 Å². The van der Waals surface area contributed by atoms with Gasteiger partial charge in [-0.1, -0.05) is 13.3 Å². The molecule has 0 aliphatic carbocycles. The van der Waals surface area contributed by atoms with Crippen molar-refractivity contribution >= 4 is 46.1 Å². The van der Waals surface area contributed by atoms with Gasteiger partial charge in [0, 0.05) is 25.7 Å². The summed E-state index contributed by atoms with van der Waals surface area (Å²) in [5.74, 6) is 0.819. The fourth-order valence-electron chi connectivity index (χ4n) is 3.21. The van der Waals surface area contributed by atoms with E-state index in [1.165, 1.54) is 0 Å². The first-order chi connectivity index (χ1) is 14.0. The van der Waals surface area contributed by atoms with Crippen molar-refractivity contribution in [3.63, 3.8) is 0 Å². The number of hydrogen-bond acceptors (Lipinski definition) is 5. The zero-order valence-corrected chi connectivity index (χ0v) is 23.0. The number of ether oxygens (including phenoxy) is 1. The highest BCUT2D eigenvalue weighted by atomic mass is 127. The van der Waals surface area contributed by atoms with E-state index in [0.29, 0.717) is 32.1 Å². The summed E-state index contributed by atoms with van der Waals surface area (Å²) in [4.78, 5) is 16.8. The van der Waals surface area contributed by atoms with Crippen molar-refractivity contribution in [3.8, 4) is 0 Å². The summed E-state index contributed by atoms with van der Waals surface area (Å²) in [6.45, 7) is 13.4. The van der Waals surface area contributed by atoms with Gasteiger partial charge in [-0.05, 0) is 53.9 Å². The number of halogens is 1. The van der Waals surface area contributed by atoms with Crippen LogP contribution in [0.4, 0.5) is 4.79 Å². The lowest BCUT2D eigenvalue weighted by atomic mass is 10.1. The fourth-order valence-corrected chi connectivity index (χ4v) is 4.34. The highest BCUT2D eigenvalue weighted by Crippen LogP contribution is 2.14. The molecule has 1 amide bonds. The third-order valence-electron chi connectivity index (χ3n) is 4.72. The number of aliphatic imine (C=N–C) groups is 1. The Morgan fingerprint density at radius 1 is 1.19 bits per heavy atom. The van der Waals surface area contributed by atoms with Crippen LogP contribution >= 0.6 is 24.0 Å². The Morgan fingerprint density at radius 3 is 2.29 bits per heavy atom.